The summed E-state index contributed by atoms with van der Waals surface area (Å²) in [4.78, 5) is 0. The Bertz CT molecular complexity index is 436. The van der Waals surface area contributed by atoms with Gasteiger partial charge in [0.15, 0.2) is 0 Å². The average Bonchev–Trinajstić information content (AvgIpc) is 2.64. The zero-order valence-electron chi connectivity index (χ0n) is 8.35. The maximum Gasteiger partial charge on any atom is 0.233 e. The second-order valence-corrected chi connectivity index (χ2v) is 4.16. The zero-order valence-corrected chi connectivity index (χ0v) is 9.94. The van der Waals surface area contributed by atoms with Crippen molar-refractivity contribution in [1.29, 1.82) is 0 Å². The fourth-order valence-corrected chi connectivity index (χ4v) is 1.47. The van der Waals surface area contributed by atoms with E-state index in [2.05, 4.69) is 21.0 Å². The van der Waals surface area contributed by atoms with Gasteiger partial charge in [0.1, 0.15) is 6.61 Å². The highest BCUT2D eigenvalue weighted by Gasteiger charge is 1.98. The molecule has 0 bridgehead atoms. The van der Waals surface area contributed by atoms with Crippen LogP contribution in [0, 0.1) is 0 Å². The van der Waals surface area contributed by atoms with Crippen LogP contribution in [0.5, 0.6) is 5.88 Å². The van der Waals surface area contributed by atoms with E-state index in [1.807, 2.05) is 43.6 Å². The fourth-order valence-electron chi connectivity index (χ4n) is 1.21. The van der Waals surface area contributed by atoms with E-state index in [0.29, 0.717) is 12.5 Å². The molecule has 0 aliphatic heterocycles. The fraction of sp³-hybridized carbons (Fsp3) is 0.182. The number of benzene rings is 1. The molecular formula is C11H11BrN2O. The maximum absolute atomic E-state index is 5.51. The predicted octanol–water partition coefficient (Wildman–Crippen LogP) is 2.76. The lowest BCUT2D eigenvalue weighted by Gasteiger charge is -2.02. The summed E-state index contributed by atoms with van der Waals surface area (Å²) in [6.45, 7) is 0.546. The maximum atomic E-state index is 5.51. The third kappa shape index (κ3) is 2.83. The highest BCUT2D eigenvalue weighted by molar-refractivity contribution is 9.10. The molecule has 3 nitrogen and oxygen atoms in total. The third-order valence-corrected chi connectivity index (χ3v) is 2.52. The van der Waals surface area contributed by atoms with Crippen LogP contribution in [-0.2, 0) is 13.7 Å². The van der Waals surface area contributed by atoms with Gasteiger partial charge in [-0.25, -0.2) is 0 Å². The highest BCUT2D eigenvalue weighted by Crippen LogP contribution is 2.12. The number of nitrogens with zero attached hydrogens (tertiary/aromatic N) is 2. The summed E-state index contributed by atoms with van der Waals surface area (Å²) in [6, 6.07) is 9.88. The van der Waals surface area contributed by atoms with E-state index in [1.165, 1.54) is 0 Å². The van der Waals surface area contributed by atoms with Crippen LogP contribution in [0.1, 0.15) is 5.56 Å². The van der Waals surface area contributed by atoms with E-state index in [1.54, 1.807) is 4.68 Å². The molecule has 0 saturated carbocycles. The number of ether oxygens (including phenoxy) is 1. The molecule has 1 heterocycles. The molecule has 0 radical (unpaired) electrons. The van der Waals surface area contributed by atoms with Gasteiger partial charge in [0.05, 0.1) is 0 Å². The molecule has 0 aliphatic rings. The molecule has 15 heavy (non-hydrogen) atoms. The van der Waals surface area contributed by atoms with E-state index in [-0.39, 0.29) is 0 Å². The van der Waals surface area contributed by atoms with Crippen LogP contribution >= 0.6 is 15.9 Å². The van der Waals surface area contributed by atoms with Crippen LogP contribution in [0.25, 0.3) is 0 Å². The third-order valence-electron chi connectivity index (χ3n) is 1.99. The SMILES string of the molecule is Cn1ccc(OCc2ccc(Br)cc2)n1. The van der Waals surface area contributed by atoms with Gasteiger partial charge in [-0.2, -0.15) is 0 Å². The van der Waals surface area contributed by atoms with Crippen LogP contribution in [0.3, 0.4) is 0 Å². The normalized spacial score (nSPS) is 10.3. The first kappa shape index (κ1) is 10.2. The van der Waals surface area contributed by atoms with Gasteiger partial charge in [-0.1, -0.05) is 28.1 Å². The van der Waals surface area contributed by atoms with Crippen molar-refractivity contribution in [3.8, 4) is 5.88 Å². The molecule has 0 fully saturated rings. The Morgan fingerprint density at radius 3 is 2.60 bits per heavy atom. The van der Waals surface area contributed by atoms with Gasteiger partial charge in [-0.05, 0) is 17.7 Å². The monoisotopic (exact) mass is 266 g/mol. The molecule has 1 aromatic heterocycles. The first-order valence-corrected chi connectivity index (χ1v) is 5.40. The summed E-state index contributed by atoms with van der Waals surface area (Å²) >= 11 is 3.39. The molecule has 2 aromatic rings. The van der Waals surface area contributed by atoms with Crippen LogP contribution in [0.4, 0.5) is 0 Å². The molecule has 4 heteroatoms. The van der Waals surface area contributed by atoms with Crippen LogP contribution in [0.2, 0.25) is 0 Å². The van der Waals surface area contributed by atoms with Gasteiger partial charge in [0, 0.05) is 23.8 Å². The minimum atomic E-state index is 0.546. The van der Waals surface area contributed by atoms with Gasteiger partial charge >= 0.3 is 0 Å². The van der Waals surface area contributed by atoms with Crippen molar-refractivity contribution in [2.75, 3.05) is 0 Å². The second kappa shape index (κ2) is 4.49. The molecule has 0 atom stereocenters. The molecule has 0 spiro atoms. The van der Waals surface area contributed by atoms with Crippen LogP contribution in [0.15, 0.2) is 41.0 Å². The van der Waals surface area contributed by atoms with Crippen molar-refractivity contribution in [2.45, 2.75) is 6.61 Å². The Morgan fingerprint density at radius 2 is 2.00 bits per heavy atom. The number of hydrogen-bond acceptors (Lipinski definition) is 2. The minimum absolute atomic E-state index is 0.546. The van der Waals surface area contributed by atoms with E-state index in [0.717, 1.165) is 10.0 Å². The van der Waals surface area contributed by atoms with E-state index in [9.17, 15) is 0 Å². The molecule has 0 aliphatic carbocycles. The number of halogens is 1. The molecule has 0 amide bonds. The van der Waals surface area contributed by atoms with Crippen LogP contribution < -0.4 is 4.74 Å². The Balaban J connectivity index is 1.96. The quantitative estimate of drug-likeness (QED) is 0.855. The number of rotatable bonds is 3. The lowest BCUT2D eigenvalue weighted by molar-refractivity contribution is 0.291. The number of hydrogen-bond donors (Lipinski definition) is 0. The lowest BCUT2D eigenvalue weighted by atomic mass is 10.2. The second-order valence-electron chi connectivity index (χ2n) is 3.24. The van der Waals surface area contributed by atoms with E-state index in [4.69, 9.17) is 4.74 Å². The predicted molar refractivity (Wildman–Crippen MR) is 61.7 cm³/mol. The molecule has 0 saturated heterocycles. The van der Waals surface area contributed by atoms with Crippen molar-refractivity contribution in [1.82, 2.24) is 9.78 Å². The summed E-state index contributed by atoms with van der Waals surface area (Å²) in [5, 5.41) is 4.13. The first-order valence-electron chi connectivity index (χ1n) is 4.61. The van der Waals surface area contributed by atoms with Crippen molar-refractivity contribution >= 4 is 15.9 Å². The average molecular weight is 267 g/mol. The molecule has 78 valence electrons. The van der Waals surface area contributed by atoms with Crippen molar-refractivity contribution in [2.24, 2.45) is 7.05 Å². The molecule has 0 N–H and O–H groups in total. The van der Waals surface area contributed by atoms with Crippen LogP contribution in [-0.4, -0.2) is 9.78 Å². The Hall–Kier alpha value is -1.29. The molecule has 1 aromatic carbocycles. The summed E-state index contributed by atoms with van der Waals surface area (Å²) in [5.41, 5.74) is 1.13. The Kier molecular flexibility index (Phi) is 3.06. The van der Waals surface area contributed by atoms with Gasteiger partial charge in [-0.3, -0.25) is 4.68 Å². The van der Waals surface area contributed by atoms with Crippen molar-refractivity contribution < 1.29 is 4.74 Å². The zero-order chi connectivity index (χ0) is 10.7. The largest absolute Gasteiger partial charge is 0.472 e. The number of aryl methyl sites for hydroxylation is 1. The van der Waals surface area contributed by atoms with Gasteiger partial charge in [-0.15, -0.1) is 5.10 Å². The highest BCUT2D eigenvalue weighted by atomic mass is 79.9. The summed E-state index contributed by atoms with van der Waals surface area (Å²) in [5.74, 6) is 0.653. The van der Waals surface area contributed by atoms with Gasteiger partial charge < -0.3 is 4.74 Å². The topological polar surface area (TPSA) is 27.1 Å². The molecule has 2 rings (SSSR count). The summed E-state index contributed by atoms with van der Waals surface area (Å²) in [6.07, 6.45) is 1.86. The van der Waals surface area contributed by atoms with Crippen molar-refractivity contribution in [3.05, 3.63) is 46.6 Å². The summed E-state index contributed by atoms with van der Waals surface area (Å²) < 4.78 is 8.30. The Labute approximate surface area is 96.8 Å². The minimum Gasteiger partial charge on any atom is -0.472 e. The number of aromatic nitrogens is 2. The van der Waals surface area contributed by atoms with E-state index >= 15 is 0 Å². The van der Waals surface area contributed by atoms with E-state index < -0.39 is 0 Å². The lowest BCUT2D eigenvalue weighted by Crippen LogP contribution is -1.96. The Morgan fingerprint density at radius 1 is 1.27 bits per heavy atom. The van der Waals surface area contributed by atoms with Gasteiger partial charge in [0.25, 0.3) is 0 Å². The first-order chi connectivity index (χ1) is 7.24. The standard InChI is InChI=1S/C11H11BrN2O/c1-14-7-6-11(13-14)15-8-9-2-4-10(12)5-3-9/h2-7H,8H2,1H3. The smallest absolute Gasteiger partial charge is 0.233 e. The molecule has 0 unspecified atom stereocenters. The van der Waals surface area contributed by atoms with Crippen molar-refractivity contribution in [3.63, 3.8) is 0 Å². The van der Waals surface area contributed by atoms with Gasteiger partial charge in [0.2, 0.25) is 5.88 Å². The summed E-state index contributed by atoms with van der Waals surface area (Å²) in [7, 11) is 1.87. The molecular weight excluding hydrogens is 256 g/mol.